The summed E-state index contributed by atoms with van der Waals surface area (Å²) in [5.74, 6) is 0. The predicted molar refractivity (Wildman–Crippen MR) is 196 cm³/mol. The van der Waals surface area contributed by atoms with Crippen molar-refractivity contribution in [1.82, 2.24) is 29.5 Å². The molecule has 252 valence electrons. The van der Waals surface area contributed by atoms with Crippen LogP contribution in [0.3, 0.4) is 0 Å². The van der Waals surface area contributed by atoms with Gasteiger partial charge in [-0.15, -0.1) is 77.3 Å². The van der Waals surface area contributed by atoms with Gasteiger partial charge in [-0.05, 0) is 37.1 Å². The molecule has 8 aromatic rings. The maximum Gasteiger partial charge on any atom is 0.123 e. The van der Waals surface area contributed by atoms with Crippen LogP contribution in [-0.2, 0) is 23.3 Å². The van der Waals surface area contributed by atoms with Gasteiger partial charge in [-0.25, -0.2) is 0 Å². The van der Waals surface area contributed by atoms with Crippen molar-refractivity contribution in [2.45, 2.75) is 40.8 Å². The molecule has 0 aliphatic rings. The third-order valence-electron chi connectivity index (χ3n) is 8.06. The number of hydrogen-bond acceptors (Lipinski definition) is 4. The Bertz CT molecular complexity index is 2140. The molecular weight excluding hydrogens is 755 g/mol. The maximum atomic E-state index is 3.91. The van der Waals surface area contributed by atoms with E-state index in [4.69, 9.17) is 0 Å². The van der Waals surface area contributed by atoms with Gasteiger partial charge in [-0.3, -0.25) is 9.13 Å². The van der Waals surface area contributed by atoms with Crippen molar-refractivity contribution >= 4 is 27.0 Å². The molecule has 0 saturated carbocycles. The SMILES string of the molecule is C[Si](C)=[Zr+2].Cc1ccc(-c2cc(-n3cnnc3)cc3[cH-]c(C)cc23)cc1.Cc1ccc(-c2cc(-n3cnnc3)cc3[cH-]c(C)cc23)cc1.[Cl-].[Cl-]. The first-order valence-corrected chi connectivity index (χ1v) is 22.1. The quantitative estimate of drug-likeness (QED) is 0.202. The molecule has 0 fully saturated rings. The van der Waals surface area contributed by atoms with Crippen molar-refractivity contribution in [3.05, 3.63) is 145 Å². The summed E-state index contributed by atoms with van der Waals surface area (Å²) in [6, 6.07) is 35.1. The molecule has 8 rings (SSSR count). The molecule has 6 nitrogen and oxygen atoms in total. The zero-order chi connectivity index (χ0) is 33.8. The third kappa shape index (κ3) is 9.23. The standard InChI is InChI=1S/2C19H16N3.C2H6Si.2ClH.Zr/c2*1-13-3-5-15(6-4-13)19-10-17(22-11-20-21-12-22)9-16-7-14(2)8-18(16)19;1-3-2;;;/h2*3-12H,1-2H3;1-2H3;2*1H;/q2*-1;;;;+2/p-2. The number of hydrogen-bond donors (Lipinski definition) is 0. The van der Waals surface area contributed by atoms with E-state index in [1.54, 1.807) is 48.6 Å². The van der Waals surface area contributed by atoms with Crippen molar-refractivity contribution in [3.8, 4) is 33.6 Å². The number of rotatable bonds is 4. The van der Waals surface area contributed by atoms with Crippen molar-refractivity contribution in [2.75, 3.05) is 0 Å². The van der Waals surface area contributed by atoms with Crippen molar-refractivity contribution in [2.24, 2.45) is 0 Å². The van der Waals surface area contributed by atoms with Gasteiger partial charge in [0.05, 0.1) is 0 Å². The van der Waals surface area contributed by atoms with E-state index in [9.17, 15) is 0 Å². The Hall–Kier alpha value is -3.94. The van der Waals surface area contributed by atoms with Gasteiger partial charge >= 0.3 is 41.9 Å². The summed E-state index contributed by atoms with van der Waals surface area (Å²) in [6.45, 7) is 13.1. The smallest absolute Gasteiger partial charge is 0.123 e. The van der Waals surface area contributed by atoms with E-state index in [0.29, 0.717) is 0 Å². The summed E-state index contributed by atoms with van der Waals surface area (Å²) in [6.07, 6.45) is 6.93. The normalized spacial score (nSPS) is 10.4. The summed E-state index contributed by atoms with van der Waals surface area (Å²) in [4.78, 5) is 0. The van der Waals surface area contributed by atoms with Crippen LogP contribution in [0.5, 0.6) is 0 Å². The zero-order valence-electron chi connectivity index (χ0n) is 29.0. The first-order valence-electron chi connectivity index (χ1n) is 15.9. The largest absolute Gasteiger partial charge is 1.00 e. The van der Waals surface area contributed by atoms with Gasteiger partial charge in [0.2, 0.25) is 0 Å². The Morgan fingerprint density at radius 3 is 1.16 bits per heavy atom. The average Bonchev–Trinajstić information content (AvgIpc) is 3.88. The Labute approximate surface area is 321 Å². The Morgan fingerprint density at radius 2 is 0.840 bits per heavy atom. The van der Waals surface area contributed by atoms with E-state index < -0.39 is 0 Å². The molecule has 0 unspecified atom stereocenters. The number of benzene rings is 4. The molecule has 2 aromatic heterocycles. The van der Waals surface area contributed by atoms with Crippen LogP contribution in [0, 0.1) is 27.7 Å². The number of aromatic nitrogens is 6. The van der Waals surface area contributed by atoms with Gasteiger partial charge in [-0.1, -0.05) is 84.6 Å². The van der Waals surface area contributed by atoms with E-state index in [0.717, 1.165) is 11.4 Å². The third-order valence-corrected chi connectivity index (χ3v) is 8.06. The summed E-state index contributed by atoms with van der Waals surface area (Å²) in [7, 11) is 0. The molecule has 0 atom stereocenters. The van der Waals surface area contributed by atoms with E-state index >= 15 is 0 Å². The second-order valence-corrected chi connectivity index (χ2v) is 21.9. The fourth-order valence-electron chi connectivity index (χ4n) is 5.82. The van der Waals surface area contributed by atoms with E-state index in [2.05, 4.69) is 158 Å². The van der Waals surface area contributed by atoms with Crippen LogP contribution in [-0.4, -0.2) is 35.0 Å². The predicted octanol–water partition coefficient (Wildman–Crippen LogP) is 3.64. The van der Waals surface area contributed by atoms with E-state index in [1.165, 1.54) is 66.1 Å². The molecule has 0 amide bonds. The first kappa shape index (κ1) is 38.9. The second kappa shape index (κ2) is 17.3. The fraction of sp³-hybridized carbons (Fsp3) is 0.150. The second-order valence-electron chi connectivity index (χ2n) is 12.5. The zero-order valence-corrected chi connectivity index (χ0v) is 34.0. The molecule has 10 heteroatoms. The van der Waals surface area contributed by atoms with Crippen LogP contribution < -0.4 is 24.8 Å². The molecule has 0 radical (unpaired) electrons. The minimum atomic E-state index is 0. The summed E-state index contributed by atoms with van der Waals surface area (Å²) in [5.41, 5.74) is 12.4. The molecule has 0 aliphatic carbocycles. The van der Waals surface area contributed by atoms with Gasteiger partial charge < -0.3 is 24.8 Å². The van der Waals surface area contributed by atoms with Gasteiger partial charge in [0, 0.05) is 11.4 Å². The number of halogens is 2. The molecule has 6 aromatic carbocycles. The number of aryl methyl sites for hydroxylation is 4. The Balaban J connectivity index is 0.000000196. The van der Waals surface area contributed by atoms with Crippen LogP contribution in [0.2, 0.25) is 13.1 Å². The van der Waals surface area contributed by atoms with Crippen LogP contribution in [0.4, 0.5) is 0 Å². The van der Waals surface area contributed by atoms with Crippen molar-refractivity contribution < 1.29 is 48.1 Å². The molecule has 0 aliphatic heterocycles. The minimum Gasteiger partial charge on any atom is -1.00 e. The topological polar surface area (TPSA) is 61.4 Å². The van der Waals surface area contributed by atoms with Crippen molar-refractivity contribution in [3.63, 3.8) is 0 Å². The Kier molecular flexibility index (Phi) is 13.5. The van der Waals surface area contributed by atoms with Crippen LogP contribution in [0.1, 0.15) is 22.3 Å². The first-order chi connectivity index (χ1) is 23.1. The minimum absolute atomic E-state index is 0. The molecular formula is C40H38Cl2N6SiZr-2. The van der Waals surface area contributed by atoms with Gasteiger partial charge in [-0.2, -0.15) is 12.1 Å². The summed E-state index contributed by atoms with van der Waals surface area (Å²) < 4.78 is 3.89. The van der Waals surface area contributed by atoms with Crippen LogP contribution in [0.25, 0.3) is 55.2 Å². The van der Waals surface area contributed by atoms with Crippen LogP contribution in [0.15, 0.2) is 122 Å². The fourth-order valence-corrected chi connectivity index (χ4v) is 5.82. The maximum absolute atomic E-state index is 3.91. The summed E-state index contributed by atoms with van der Waals surface area (Å²) in [5, 5.41) is 20.7. The van der Waals surface area contributed by atoms with Crippen molar-refractivity contribution in [1.29, 1.82) is 0 Å². The van der Waals surface area contributed by atoms with E-state index in [1.807, 2.05) is 9.13 Å². The molecule has 50 heavy (non-hydrogen) atoms. The molecule has 0 bridgehead atoms. The monoisotopic (exact) mass is 790 g/mol. The summed E-state index contributed by atoms with van der Waals surface area (Å²) >= 11 is 1.74. The molecule has 0 saturated heterocycles. The number of nitrogens with zero attached hydrogens (tertiary/aromatic N) is 6. The molecule has 2 heterocycles. The van der Waals surface area contributed by atoms with E-state index in [-0.39, 0.29) is 30.2 Å². The molecule has 0 N–H and O–H groups in total. The Morgan fingerprint density at radius 1 is 0.520 bits per heavy atom. The van der Waals surface area contributed by atoms with Gasteiger partial charge in [0.25, 0.3) is 0 Å². The van der Waals surface area contributed by atoms with Gasteiger partial charge in [0.1, 0.15) is 25.3 Å². The van der Waals surface area contributed by atoms with Crippen LogP contribution >= 0.6 is 0 Å². The van der Waals surface area contributed by atoms with Gasteiger partial charge in [0.15, 0.2) is 0 Å². The number of fused-ring (bicyclic) bond motifs is 2. The average molecular weight is 793 g/mol. The molecule has 0 spiro atoms.